The van der Waals surface area contributed by atoms with Crippen LogP contribution < -0.4 is 5.73 Å². The first-order valence-corrected chi connectivity index (χ1v) is 7.01. The van der Waals surface area contributed by atoms with E-state index in [0.717, 1.165) is 12.2 Å². The average Bonchev–Trinajstić information content (AvgIpc) is 3.02. The fraction of sp³-hybridized carbons (Fsp3) is 0.467. The molecule has 2 aromatic rings. The van der Waals surface area contributed by atoms with Crippen molar-refractivity contribution in [3.05, 3.63) is 42.2 Å². The predicted octanol–water partition coefficient (Wildman–Crippen LogP) is 2.43. The van der Waals surface area contributed by atoms with Crippen molar-refractivity contribution in [1.82, 2.24) is 15.0 Å². The standard InChI is InChI=1S/C15H20N4/c16-12-15(8-2-1-3-9-15)13-4-6-14(7-5-13)19-11-10-17-18-19/h4-7,10-11H,1-3,8-9,12,16H2. The second-order valence-electron chi connectivity index (χ2n) is 5.44. The lowest BCUT2D eigenvalue weighted by molar-refractivity contribution is 0.301. The maximum atomic E-state index is 6.08. The molecule has 1 heterocycles. The molecule has 0 bridgehead atoms. The molecule has 0 saturated heterocycles. The Hall–Kier alpha value is -1.68. The molecule has 0 unspecified atom stereocenters. The lowest BCUT2D eigenvalue weighted by Gasteiger charge is -2.36. The SMILES string of the molecule is NCC1(c2ccc(-n3ccnn3)cc2)CCCCC1. The summed E-state index contributed by atoms with van der Waals surface area (Å²) in [4.78, 5) is 0. The Balaban J connectivity index is 1.89. The molecule has 1 fully saturated rings. The molecule has 1 saturated carbocycles. The zero-order valence-electron chi connectivity index (χ0n) is 11.1. The Morgan fingerprint density at radius 1 is 1.11 bits per heavy atom. The number of nitrogens with two attached hydrogens (primary N) is 1. The van der Waals surface area contributed by atoms with Crippen molar-refractivity contribution >= 4 is 0 Å². The number of nitrogens with zero attached hydrogens (tertiary/aromatic N) is 3. The highest BCUT2D eigenvalue weighted by atomic mass is 15.4. The average molecular weight is 256 g/mol. The van der Waals surface area contributed by atoms with Gasteiger partial charge in [-0.25, -0.2) is 4.68 Å². The third kappa shape index (κ3) is 2.28. The molecule has 0 radical (unpaired) electrons. The maximum absolute atomic E-state index is 6.08. The molecule has 1 aromatic heterocycles. The second-order valence-corrected chi connectivity index (χ2v) is 5.44. The molecule has 4 heteroatoms. The van der Waals surface area contributed by atoms with Crippen molar-refractivity contribution < 1.29 is 0 Å². The van der Waals surface area contributed by atoms with Gasteiger partial charge in [0.1, 0.15) is 0 Å². The molecule has 3 rings (SSSR count). The number of hydrogen-bond acceptors (Lipinski definition) is 3. The van der Waals surface area contributed by atoms with Gasteiger partial charge in [0.05, 0.1) is 18.1 Å². The fourth-order valence-electron chi connectivity index (χ4n) is 3.15. The van der Waals surface area contributed by atoms with Crippen LogP contribution in [0.4, 0.5) is 0 Å². The second kappa shape index (κ2) is 5.13. The molecule has 1 aromatic carbocycles. The number of rotatable bonds is 3. The van der Waals surface area contributed by atoms with E-state index in [0.29, 0.717) is 0 Å². The molecule has 0 amide bonds. The Kier molecular flexibility index (Phi) is 3.34. The minimum atomic E-state index is 0.194. The third-order valence-corrected chi connectivity index (χ3v) is 4.37. The molecule has 2 N–H and O–H groups in total. The minimum Gasteiger partial charge on any atom is -0.330 e. The zero-order chi connectivity index (χ0) is 13.1. The van der Waals surface area contributed by atoms with Gasteiger partial charge in [0.2, 0.25) is 0 Å². The summed E-state index contributed by atoms with van der Waals surface area (Å²) in [5, 5.41) is 7.84. The molecule has 4 nitrogen and oxygen atoms in total. The van der Waals surface area contributed by atoms with Crippen molar-refractivity contribution in [3.8, 4) is 5.69 Å². The van der Waals surface area contributed by atoms with Gasteiger partial charge < -0.3 is 5.73 Å². The van der Waals surface area contributed by atoms with Gasteiger partial charge in [-0.1, -0.05) is 36.6 Å². The lowest BCUT2D eigenvalue weighted by atomic mass is 9.69. The van der Waals surface area contributed by atoms with Gasteiger partial charge in [-0.05, 0) is 30.5 Å². The maximum Gasteiger partial charge on any atom is 0.0697 e. The zero-order valence-corrected chi connectivity index (χ0v) is 11.1. The molecule has 100 valence electrons. The minimum absolute atomic E-state index is 0.194. The van der Waals surface area contributed by atoms with Crippen molar-refractivity contribution in [1.29, 1.82) is 0 Å². The van der Waals surface area contributed by atoms with Crippen molar-refractivity contribution in [2.45, 2.75) is 37.5 Å². The van der Waals surface area contributed by atoms with E-state index in [1.54, 1.807) is 10.9 Å². The normalized spacial score (nSPS) is 18.4. The first-order chi connectivity index (χ1) is 9.34. The van der Waals surface area contributed by atoms with Crippen molar-refractivity contribution in [2.24, 2.45) is 5.73 Å². The van der Waals surface area contributed by atoms with E-state index >= 15 is 0 Å². The molecular weight excluding hydrogens is 236 g/mol. The molecule has 19 heavy (non-hydrogen) atoms. The van der Waals surface area contributed by atoms with Crippen LogP contribution in [0, 0.1) is 0 Å². The highest BCUT2D eigenvalue weighted by molar-refractivity contribution is 5.37. The molecule has 1 aliphatic carbocycles. The van der Waals surface area contributed by atoms with Crippen LogP contribution in [0.2, 0.25) is 0 Å². The van der Waals surface area contributed by atoms with E-state index in [9.17, 15) is 0 Å². The van der Waals surface area contributed by atoms with E-state index in [2.05, 4.69) is 34.6 Å². The van der Waals surface area contributed by atoms with E-state index in [1.807, 2.05) is 6.20 Å². The summed E-state index contributed by atoms with van der Waals surface area (Å²) in [7, 11) is 0. The quantitative estimate of drug-likeness (QED) is 0.917. The molecule has 0 spiro atoms. The monoisotopic (exact) mass is 256 g/mol. The highest BCUT2D eigenvalue weighted by Crippen LogP contribution is 2.38. The first kappa shape index (κ1) is 12.4. The van der Waals surface area contributed by atoms with Gasteiger partial charge in [0, 0.05) is 12.0 Å². The highest BCUT2D eigenvalue weighted by Gasteiger charge is 2.32. The Morgan fingerprint density at radius 3 is 2.42 bits per heavy atom. The van der Waals surface area contributed by atoms with Crippen LogP contribution in [0.1, 0.15) is 37.7 Å². The largest absolute Gasteiger partial charge is 0.330 e. The van der Waals surface area contributed by atoms with Gasteiger partial charge in [-0.15, -0.1) is 5.10 Å². The van der Waals surface area contributed by atoms with Crippen molar-refractivity contribution in [2.75, 3.05) is 6.54 Å². The van der Waals surface area contributed by atoms with Crippen LogP contribution in [0.15, 0.2) is 36.7 Å². The topological polar surface area (TPSA) is 56.7 Å². The third-order valence-electron chi connectivity index (χ3n) is 4.37. The number of aromatic nitrogens is 3. The van der Waals surface area contributed by atoms with E-state index in [4.69, 9.17) is 5.73 Å². The summed E-state index contributed by atoms with van der Waals surface area (Å²) in [6, 6.07) is 8.62. The van der Waals surface area contributed by atoms with E-state index in [1.165, 1.54) is 37.7 Å². The summed E-state index contributed by atoms with van der Waals surface area (Å²) in [6.07, 6.45) is 9.91. The lowest BCUT2D eigenvalue weighted by Crippen LogP contribution is -2.37. The molecule has 1 aliphatic rings. The van der Waals surface area contributed by atoms with Gasteiger partial charge in [-0.3, -0.25) is 0 Å². The summed E-state index contributed by atoms with van der Waals surface area (Å²) in [6.45, 7) is 0.746. The van der Waals surface area contributed by atoms with Crippen LogP contribution in [-0.4, -0.2) is 21.5 Å². The van der Waals surface area contributed by atoms with Gasteiger partial charge in [-0.2, -0.15) is 0 Å². The van der Waals surface area contributed by atoms with Crippen LogP contribution in [0.25, 0.3) is 5.69 Å². The molecule has 0 atom stereocenters. The Labute approximate surface area is 113 Å². The van der Waals surface area contributed by atoms with Crippen LogP contribution in [-0.2, 0) is 5.41 Å². The number of hydrogen-bond donors (Lipinski definition) is 1. The summed E-state index contributed by atoms with van der Waals surface area (Å²) < 4.78 is 1.78. The van der Waals surface area contributed by atoms with Gasteiger partial charge >= 0.3 is 0 Å². The van der Waals surface area contributed by atoms with Crippen molar-refractivity contribution in [3.63, 3.8) is 0 Å². The van der Waals surface area contributed by atoms with Gasteiger partial charge in [0.25, 0.3) is 0 Å². The molecular formula is C15H20N4. The van der Waals surface area contributed by atoms with Gasteiger partial charge in [0.15, 0.2) is 0 Å². The van der Waals surface area contributed by atoms with E-state index in [-0.39, 0.29) is 5.41 Å². The first-order valence-electron chi connectivity index (χ1n) is 7.01. The fourth-order valence-corrected chi connectivity index (χ4v) is 3.15. The summed E-state index contributed by atoms with van der Waals surface area (Å²) in [5.41, 5.74) is 8.69. The van der Waals surface area contributed by atoms with Crippen LogP contribution >= 0.6 is 0 Å². The number of benzene rings is 1. The van der Waals surface area contributed by atoms with E-state index < -0.39 is 0 Å². The van der Waals surface area contributed by atoms with Crippen LogP contribution in [0.3, 0.4) is 0 Å². The smallest absolute Gasteiger partial charge is 0.0697 e. The summed E-state index contributed by atoms with van der Waals surface area (Å²) in [5.74, 6) is 0. The Bertz CT molecular complexity index is 510. The van der Waals surface area contributed by atoms with Crippen LogP contribution in [0.5, 0.6) is 0 Å². The molecule has 0 aliphatic heterocycles. The Morgan fingerprint density at radius 2 is 1.84 bits per heavy atom. The summed E-state index contributed by atoms with van der Waals surface area (Å²) >= 11 is 0. The predicted molar refractivity (Wildman–Crippen MR) is 75.2 cm³/mol.